The second-order valence-corrected chi connectivity index (χ2v) is 11.2. The van der Waals surface area contributed by atoms with Gasteiger partial charge in [-0.05, 0) is 11.0 Å². The minimum Gasteiger partial charge on any atom is -0.292 e. The van der Waals surface area contributed by atoms with Crippen molar-refractivity contribution < 1.29 is 17.4 Å². The summed E-state index contributed by atoms with van der Waals surface area (Å²) in [6.07, 6.45) is 0.946. The topological polar surface area (TPSA) is 60.4 Å². The van der Waals surface area contributed by atoms with Crippen LogP contribution < -0.4 is 5.19 Å². The van der Waals surface area contributed by atoms with Gasteiger partial charge in [-0.15, -0.1) is 0 Å². The summed E-state index contributed by atoms with van der Waals surface area (Å²) in [7, 11) is -4.82. The van der Waals surface area contributed by atoms with Crippen molar-refractivity contribution in [2.24, 2.45) is 0 Å². The zero-order valence-corrected chi connectivity index (χ0v) is 15.5. The van der Waals surface area contributed by atoms with E-state index in [4.69, 9.17) is 0 Å². The molecule has 0 amide bonds. The SMILES string of the molecule is C[SiH](C)c1cc(C(C)(C)C)ccc1C(=O)COS(C)(=O)=O. The molecule has 21 heavy (non-hydrogen) atoms. The van der Waals surface area contributed by atoms with Gasteiger partial charge in [0.2, 0.25) is 0 Å². The summed E-state index contributed by atoms with van der Waals surface area (Å²) in [6, 6.07) is 5.83. The molecule has 0 saturated carbocycles. The van der Waals surface area contributed by atoms with E-state index >= 15 is 0 Å². The largest absolute Gasteiger partial charge is 0.292 e. The minimum atomic E-state index is -3.60. The number of carbonyl (C=O) groups excluding carboxylic acids is 1. The zero-order valence-electron chi connectivity index (χ0n) is 13.6. The fourth-order valence-corrected chi connectivity index (χ4v) is 3.71. The monoisotopic (exact) mass is 328 g/mol. The van der Waals surface area contributed by atoms with E-state index in [-0.39, 0.29) is 11.2 Å². The fourth-order valence-electron chi connectivity index (χ4n) is 2.00. The highest BCUT2D eigenvalue weighted by Gasteiger charge is 2.20. The van der Waals surface area contributed by atoms with E-state index in [1.54, 1.807) is 6.07 Å². The van der Waals surface area contributed by atoms with E-state index in [1.165, 1.54) is 5.56 Å². The maximum Gasteiger partial charge on any atom is 0.264 e. The van der Waals surface area contributed by atoms with Crippen molar-refractivity contribution in [3.63, 3.8) is 0 Å². The summed E-state index contributed by atoms with van der Waals surface area (Å²) in [5.74, 6) is -0.280. The molecular weight excluding hydrogens is 304 g/mol. The van der Waals surface area contributed by atoms with Crippen LogP contribution in [0.3, 0.4) is 0 Å². The van der Waals surface area contributed by atoms with E-state index in [1.807, 2.05) is 6.07 Å². The number of Topliss-reactive ketones (excluding diaryl/α,β-unsaturated/α-hetero) is 1. The highest BCUT2D eigenvalue weighted by Crippen LogP contribution is 2.22. The first-order valence-electron chi connectivity index (χ1n) is 6.94. The summed E-state index contributed by atoms with van der Waals surface area (Å²) >= 11 is 0. The lowest BCUT2D eigenvalue weighted by atomic mass is 9.86. The second kappa shape index (κ2) is 6.42. The normalized spacial score (nSPS) is 12.7. The van der Waals surface area contributed by atoms with Crippen molar-refractivity contribution in [1.29, 1.82) is 0 Å². The lowest BCUT2D eigenvalue weighted by Crippen LogP contribution is -2.32. The van der Waals surface area contributed by atoms with E-state index in [0.29, 0.717) is 5.56 Å². The zero-order chi connectivity index (χ0) is 16.4. The Hall–Kier alpha value is -0.983. The van der Waals surface area contributed by atoms with Crippen LogP contribution in [0.15, 0.2) is 18.2 Å². The predicted molar refractivity (Wildman–Crippen MR) is 88.8 cm³/mol. The minimum absolute atomic E-state index is 0.0167. The molecule has 0 radical (unpaired) electrons. The number of benzene rings is 1. The van der Waals surface area contributed by atoms with Crippen molar-refractivity contribution in [3.05, 3.63) is 29.3 Å². The average molecular weight is 329 g/mol. The molecule has 0 spiro atoms. The molecule has 6 heteroatoms. The molecule has 0 N–H and O–H groups in total. The van der Waals surface area contributed by atoms with E-state index in [2.05, 4.69) is 44.1 Å². The Kier molecular flexibility index (Phi) is 5.52. The van der Waals surface area contributed by atoms with Gasteiger partial charge >= 0.3 is 0 Å². The van der Waals surface area contributed by atoms with E-state index in [0.717, 1.165) is 11.4 Å². The van der Waals surface area contributed by atoms with Crippen molar-refractivity contribution in [2.45, 2.75) is 39.3 Å². The highest BCUT2D eigenvalue weighted by molar-refractivity contribution is 7.86. The average Bonchev–Trinajstić information content (AvgIpc) is 2.33. The van der Waals surface area contributed by atoms with Gasteiger partial charge in [-0.2, -0.15) is 8.42 Å². The Labute approximate surface area is 129 Å². The summed E-state index contributed by atoms with van der Waals surface area (Å²) in [6.45, 7) is 10.3. The molecule has 0 atom stereocenters. The van der Waals surface area contributed by atoms with Crippen LogP contribution in [-0.4, -0.2) is 35.9 Å². The molecule has 1 rings (SSSR count). The van der Waals surface area contributed by atoms with Crippen LogP contribution in [0.2, 0.25) is 13.1 Å². The van der Waals surface area contributed by atoms with E-state index in [9.17, 15) is 13.2 Å². The Balaban J connectivity index is 3.15. The first kappa shape index (κ1) is 18.1. The first-order valence-corrected chi connectivity index (χ1v) is 11.6. The summed E-state index contributed by atoms with van der Waals surface area (Å²) in [5, 5.41) is 1.06. The first-order chi connectivity index (χ1) is 9.42. The van der Waals surface area contributed by atoms with E-state index < -0.39 is 25.5 Å². The van der Waals surface area contributed by atoms with Crippen LogP contribution in [-0.2, 0) is 19.7 Å². The number of rotatable bonds is 5. The van der Waals surface area contributed by atoms with Gasteiger partial charge in [-0.1, -0.05) is 57.3 Å². The molecule has 0 fully saturated rings. The third kappa shape index (κ3) is 5.37. The molecule has 0 heterocycles. The highest BCUT2D eigenvalue weighted by atomic mass is 32.2. The van der Waals surface area contributed by atoms with Gasteiger partial charge in [0.25, 0.3) is 10.1 Å². The van der Waals surface area contributed by atoms with Crippen molar-refractivity contribution in [1.82, 2.24) is 0 Å². The summed E-state index contributed by atoms with van der Waals surface area (Å²) in [4.78, 5) is 12.2. The summed E-state index contributed by atoms with van der Waals surface area (Å²) < 4.78 is 26.6. The van der Waals surface area contributed by atoms with Crippen LogP contribution in [0.1, 0.15) is 36.7 Å². The molecule has 0 aliphatic carbocycles. The summed E-state index contributed by atoms with van der Waals surface area (Å²) in [5.41, 5.74) is 1.79. The Bertz CT molecular complexity index is 628. The molecular formula is C15H24O4SSi. The third-order valence-corrected chi connectivity index (χ3v) is 5.51. The van der Waals surface area contributed by atoms with Crippen LogP contribution in [0, 0.1) is 0 Å². The molecule has 1 aromatic carbocycles. The van der Waals surface area contributed by atoms with Gasteiger partial charge < -0.3 is 0 Å². The maximum atomic E-state index is 12.2. The lowest BCUT2D eigenvalue weighted by Gasteiger charge is -2.22. The van der Waals surface area contributed by atoms with Crippen LogP contribution in [0.5, 0.6) is 0 Å². The van der Waals surface area contributed by atoms with Crippen LogP contribution in [0.4, 0.5) is 0 Å². The van der Waals surface area contributed by atoms with Crippen molar-refractivity contribution >= 4 is 29.9 Å². The Morgan fingerprint density at radius 1 is 1.24 bits per heavy atom. The number of ketones is 1. The molecule has 0 unspecified atom stereocenters. The van der Waals surface area contributed by atoms with Gasteiger partial charge in [-0.3, -0.25) is 8.98 Å². The van der Waals surface area contributed by atoms with Crippen molar-refractivity contribution in [2.75, 3.05) is 12.9 Å². The van der Waals surface area contributed by atoms with Gasteiger partial charge in [-0.25, -0.2) is 0 Å². The molecule has 0 aliphatic heterocycles. The van der Waals surface area contributed by atoms with Gasteiger partial charge in [0, 0.05) is 5.56 Å². The second-order valence-electron chi connectivity index (χ2n) is 6.60. The molecule has 0 bridgehead atoms. The lowest BCUT2D eigenvalue weighted by molar-refractivity contribution is 0.0926. The van der Waals surface area contributed by atoms with Gasteiger partial charge in [0.15, 0.2) is 5.78 Å². The maximum absolute atomic E-state index is 12.2. The quantitative estimate of drug-likeness (QED) is 0.470. The van der Waals surface area contributed by atoms with Crippen LogP contribution >= 0.6 is 0 Å². The Morgan fingerprint density at radius 2 is 1.81 bits per heavy atom. The van der Waals surface area contributed by atoms with Gasteiger partial charge in [0.1, 0.15) is 6.61 Å². The molecule has 0 saturated heterocycles. The number of hydrogen-bond acceptors (Lipinski definition) is 4. The number of hydrogen-bond donors (Lipinski definition) is 0. The fraction of sp³-hybridized carbons (Fsp3) is 0.533. The smallest absolute Gasteiger partial charge is 0.264 e. The number of carbonyl (C=O) groups is 1. The van der Waals surface area contributed by atoms with Crippen molar-refractivity contribution in [3.8, 4) is 0 Å². The third-order valence-electron chi connectivity index (χ3n) is 3.24. The molecule has 1 aromatic rings. The molecule has 0 aromatic heterocycles. The molecule has 4 nitrogen and oxygen atoms in total. The molecule has 118 valence electrons. The standard InChI is InChI=1S/C15H24O4SSi/c1-15(2,3)11-7-8-12(14(9-11)21(5)6)13(16)10-19-20(4,17)18/h7-9,21H,10H2,1-6H3. The predicted octanol–water partition coefficient (Wildman–Crippen LogP) is 1.84. The van der Waals surface area contributed by atoms with Gasteiger partial charge in [0.05, 0.1) is 15.1 Å². The Morgan fingerprint density at radius 3 is 2.24 bits per heavy atom. The van der Waals surface area contributed by atoms with Crippen LogP contribution in [0.25, 0.3) is 0 Å². The molecule has 0 aliphatic rings.